The Labute approximate surface area is 189 Å². The minimum Gasteiger partial charge on any atom is -0.494 e. The number of benzene rings is 2. The molecular formula is C22H24FN5O3S. The Morgan fingerprint density at radius 3 is 2.22 bits per heavy atom. The van der Waals surface area contributed by atoms with Crippen LogP contribution < -0.4 is 15.4 Å². The van der Waals surface area contributed by atoms with E-state index in [4.69, 9.17) is 4.74 Å². The van der Waals surface area contributed by atoms with Gasteiger partial charge >= 0.3 is 0 Å². The maximum absolute atomic E-state index is 13.0. The van der Waals surface area contributed by atoms with E-state index in [1.807, 2.05) is 13.8 Å². The summed E-state index contributed by atoms with van der Waals surface area (Å²) in [6, 6.07) is 12.7. The lowest BCUT2D eigenvalue weighted by atomic mass is 10.3. The van der Waals surface area contributed by atoms with Gasteiger partial charge in [0.25, 0.3) is 0 Å². The molecule has 0 radical (unpaired) electrons. The van der Waals surface area contributed by atoms with E-state index in [2.05, 4.69) is 20.8 Å². The Morgan fingerprint density at radius 2 is 1.59 bits per heavy atom. The third kappa shape index (κ3) is 6.55. The number of nitrogens with one attached hydrogen (secondary N) is 2. The molecule has 168 valence electrons. The van der Waals surface area contributed by atoms with Crippen LogP contribution in [0.15, 0.2) is 53.7 Å². The van der Waals surface area contributed by atoms with Crippen LogP contribution >= 0.6 is 11.8 Å². The number of carbonyl (C=O) groups is 2. The lowest BCUT2D eigenvalue weighted by Gasteiger charge is -2.09. The standard InChI is InChI=1S/C22H24FN5O3S/c1-3-28-19(13-20(29)24-16-7-5-15(23)6-8-16)26-27-22(28)32-14-21(30)25-17-9-11-18(12-10-17)31-4-2/h5-12H,3-4,13-14H2,1-2H3,(H,24,29)(H,25,30). The number of nitrogens with zero attached hydrogens (tertiary/aromatic N) is 3. The van der Waals surface area contributed by atoms with Crippen LogP contribution in [-0.2, 0) is 22.6 Å². The van der Waals surface area contributed by atoms with E-state index in [-0.39, 0.29) is 29.8 Å². The maximum Gasteiger partial charge on any atom is 0.234 e. The fourth-order valence-corrected chi connectivity index (χ4v) is 3.71. The monoisotopic (exact) mass is 457 g/mol. The number of amides is 2. The Kier molecular flexibility index (Phi) is 8.20. The first-order valence-corrected chi connectivity index (χ1v) is 11.1. The normalized spacial score (nSPS) is 10.6. The van der Waals surface area contributed by atoms with Crippen LogP contribution in [0.5, 0.6) is 5.75 Å². The first kappa shape index (κ1) is 23.3. The van der Waals surface area contributed by atoms with Crippen molar-refractivity contribution in [1.29, 1.82) is 0 Å². The number of ether oxygens (including phenoxy) is 1. The summed E-state index contributed by atoms with van der Waals surface area (Å²) in [5, 5.41) is 14.3. The van der Waals surface area contributed by atoms with Gasteiger partial charge in [0.05, 0.1) is 18.8 Å². The minimum atomic E-state index is -0.373. The SMILES string of the molecule is CCOc1ccc(NC(=O)CSc2nnc(CC(=O)Nc3ccc(F)cc3)n2CC)cc1. The highest BCUT2D eigenvalue weighted by Gasteiger charge is 2.16. The molecule has 2 amide bonds. The average Bonchev–Trinajstić information content (AvgIpc) is 3.16. The van der Waals surface area contributed by atoms with Gasteiger partial charge in [0.15, 0.2) is 5.16 Å². The fraction of sp³-hybridized carbons (Fsp3) is 0.273. The predicted molar refractivity (Wildman–Crippen MR) is 121 cm³/mol. The van der Waals surface area contributed by atoms with Crippen molar-refractivity contribution < 1.29 is 18.7 Å². The first-order chi connectivity index (χ1) is 15.5. The van der Waals surface area contributed by atoms with E-state index in [9.17, 15) is 14.0 Å². The van der Waals surface area contributed by atoms with Gasteiger partial charge < -0.3 is 19.9 Å². The van der Waals surface area contributed by atoms with Gasteiger partial charge in [-0.25, -0.2) is 4.39 Å². The lowest BCUT2D eigenvalue weighted by molar-refractivity contribution is -0.116. The molecule has 10 heteroatoms. The number of anilines is 2. The number of carbonyl (C=O) groups excluding carboxylic acids is 2. The molecule has 0 aliphatic heterocycles. The first-order valence-electron chi connectivity index (χ1n) is 10.1. The third-order valence-electron chi connectivity index (χ3n) is 4.34. The highest BCUT2D eigenvalue weighted by atomic mass is 32.2. The van der Waals surface area contributed by atoms with Crippen molar-refractivity contribution in [1.82, 2.24) is 14.8 Å². The Bertz CT molecular complexity index is 1050. The summed E-state index contributed by atoms with van der Waals surface area (Å²) in [6.07, 6.45) is 0.0111. The number of aromatic nitrogens is 3. The van der Waals surface area contributed by atoms with E-state index in [1.54, 1.807) is 28.8 Å². The van der Waals surface area contributed by atoms with Crippen molar-refractivity contribution in [3.63, 3.8) is 0 Å². The highest BCUT2D eigenvalue weighted by Crippen LogP contribution is 2.20. The van der Waals surface area contributed by atoms with Gasteiger partial charge in [-0.05, 0) is 62.4 Å². The molecule has 0 atom stereocenters. The van der Waals surface area contributed by atoms with Crippen LogP contribution in [0.1, 0.15) is 19.7 Å². The molecule has 1 aromatic heterocycles. The van der Waals surface area contributed by atoms with Crippen LogP contribution in [0, 0.1) is 5.82 Å². The molecule has 0 spiro atoms. The zero-order valence-corrected chi connectivity index (χ0v) is 18.6. The molecule has 1 heterocycles. The van der Waals surface area contributed by atoms with Gasteiger partial charge in [-0.1, -0.05) is 11.8 Å². The molecule has 0 aliphatic rings. The van der Waals surface area contributed by atoms with Crippen LogP contribution in [-0.4, -0.2) is 38.9 Å². The van der Waals surface area contributed by atoms with Crippen molar-refractivity contribution >= 4 is 35.0 Å². The molecule has 3 aromatic rings. The van der Waals surface area contributed by atoms with Crippen molar-refractivity contribution in [2.45, 2.75) is 32.0 Å². The number of hydrogen-bond acceptors (Lipinski definition) is 6. The summed E-state index contributed by atoms with van der Waals surface area (Å²) in [4.78, 5) is 24.6. The highest BCUT2D eigenvalue weighted by molar-refractivity contribution is 7.99. The van der Waals surface area contributed by atoms with Crippen molar-refractivity contribution in [2.75, 3.05) is 23.0 Å². The molecular weight excluding hydrogens is 433 g/mol. The molecule has 8 nitrogen and oxygen atoms in total. The Balaban J connectivity index is 1.54. The molecule has 2 aromatic carbocycles. The van der Waals surface area contributed by atoms with Crippen molar-refractivity contribution in [3.8, 4) is 5.75 Å². The Morgan fingerprint density at radius 1 is 0.969 bits per heavy atom. The van der Waals surface area contributed by atoms with Crippen molar-refractivity contribution in [2.24, 2.45) is 0 Å². The van der Waals surface area contributed by atoms with Crippen LogP contribution in [0.2, 0.25) is 0 Å². The maximum atomic E-state index is 13.0. The van der Waals surface area contributed by atoms with Gasteiger partial charge in [-0.2, -0.15) is 0 Å². The van der Waals surface area contributed by atoms with Gasteiger partial charge in [0.2, 0.25) is 11.8 Å². The molecule has 0 unspecified atom stereocenters. The second-order valence-corrected chi connectivity index (χ2v) is 7.61. The van der Waals surface area contributed by atoms with E-state index in [1.165, 1.54) is 36.0 Å². The topological polar surface area (TPSA) is 98.1 Å². The molecule has 0 bridgehead atoms. The predicted octanol–water partition coefficient (Wildman–Crippen LogP) is 3.75. The second-order valence-electron chi connectivity index (χ2n) is 6.67. The zero-order chi connectivity index (χ0) is 22.9. The number of hydrogen-bond donors (Lipinski definition) is 2. The van der Waals surface area contributed by atoms with Gasteiger partial charge in [-0.3, -0.25) is 9.59 Å². The largest absolute Gasteiger partial charge is 0.494 e. The van der Waals surface area contributed by atoms with E-state index in [0.29, 0.717) is 35.5 Å². The summed E-state index contributed by atoms with van der Waals surface area (Å²) < 4.78 is 20.2. The number of rotatable bonds is 10. The summed E-state index contributed by atoms with van der Waals surface area (Å²) in [5.74, 6) is 0.534. The van der Waals surface area contributed by atoms with Crippen LogP contribution in [0.25, 0.3) is 0 Å². The fourth-order valence-electron chi connectivity index (χ4n) is 2.88. The van der Waals surface area contributed by atoms with Crippen LogP contribution in [0.4, 0.5) is 15.8 Å². The molecule has 0 saturated heterocycles. The van der Waals surface area contributed by atoms with E-state index in [0.717, 1.165) is 5.75 Å². The van der Waals surface area contributed by atoms with Gasteiger partial charge in [0, 0.05) is 17.9 Å². The van der Waals surface area contributed by atoms with Gasteiger partial charge in [0.1, 0.15) is 17.4 Å². The molecule has 2 N–H and O–H groups in total. The van der Waals surface area contributed by atoms with E-state index < -0.39 is 0 Å². The quantitative estimate of drug-likeness (QED) is 0.450. The minimum absolute atomic E-state index is 0.0111. The third-order valence-corrected chi connectivity index (χ3v) is 5.30. The molecule has 3 rings (SSSR count). The number of thioether (sulfide) groups is 1. The lowest BCUT2D eigenvalue weighted by Crippen LogP contribution is -2.18. The molecule has 0 aliphatic carbocycles. The summed E-state index contributed by atoms with van der Waals surface area (Å²) in [7, 11) is 0. The average molecular weight is 458 g/mol. The summed E-state index contributed by atoms with van der Waals surface area (Å²) in [5.41, 5.74) is 1.17. The molecule has 32 heavy (non-hydrogen) atoms. The van der Waals surface area contributed by atoms with E-state index >= 15 is 0 Å². The van der Waals surface area contributed by atoms with Crippen molar-refractivity contribution in [3.05, 3.63) is 60.2 Å². The molecule has 0 fully saturated rings. The number of halogens is 1. The summed E-state index contributed by atoms with van der Waals surface area (Å²) >= 11 is 1.24. The Hall–Kier alpha value is -3.40. The smallest absolute Gasteiger partial charge is 0.234 e. The second kappa shape index (κ2) is 11.3. The zero-order valence-electron chi connectivity index (χ0n) is 17.8. The summed E-state index contributed by atoms with van der Waals surface area (Å²) in [6.45, 7) is 4.95. The van der Waals surface area contributed by atoms with Crippen LogP contribution in [0.3, 0.4) is 0 Å². The van der Waals surface area contributed by atoms with Gasteiger partial charge in [-0.15, -0.1) is 10.2 Å². The molecule has 0 saturated carbocycles.